The van der Waals surface area contributed by atoms with E-state index in [0.717, 1.165) is 37.9 Å². The molecule has 4 aliphatic rings. The Bertz CT molecular complexity index is 1400. The summed E-state index contributed by atoms with van der Waals surface area (Å²) in [6, 6.07) is 5.86. The standard InChI is InChI=1S/C38H53FN4O4/c1-7-10-29(11-8-2)43(33-14-13-32(39)25(4)26(33)5)37(45)24-41-23-31(27-12-15-35-28(22-27)18-21-47-35)30(9-3)34(41)16-20-42-36(44)17-19-40(6)38(42)46/h9,12-15,22,26,29-31,33-34H,3,7-8,10-11,16-21,23-24H2,1-2,4-6H3/t26?,30?,31-,33?,34+/m1/s1. The minimum absolute atomic E-state index is 0.0131. The molecule has 3 aliphatic heterocycles. The van der Waals surface area contributed by atoms with Gasteiger partial charge in [-0.25, -0.2) is 9.18 Å². The Labute approximate surface area is 280 Å². The Hall–Kier alpha value is -3.46. The number of halogens is 1. The lowest BCUT2D eigenvalue weighted by Crippen LogP contribution is -2.54. The first-order valence-electron chi connectivity index (χ1n) is 17.6. The summed E-state index contributed by atoms with van der Waals surface area (Å²) in [5, 5.41) is 0. The van der Waals surface area contributed by atoms with Gasteiger partial charge in [0.2, 0.25) is 11.8 Å². The van der Waals surface area contributed by atoms with Crippen LogP contribution < -0.4 is 4.74 Å². The number of hydrogen-bond acceptors (Lipinski definition) is 5. The van der Waals surface area contributed by atoms with Crippen molar-refractivity contribution in [1.82, 2.24) is 19.6 Å². The number of allylic oxidation sites excluding steroid dienone is 2. The molecule has 5 atom stereocenters. The van der Waals surface area contributed by atoms with E-state index in [1.54, 1.807) is 11.9 Å². The number of fused-ring (bicyclic) bond motifs is 1. The van der Waals surface area contributed by atoms with E-state index in [1.807, 2.05) is 26.0 Å². The third kappa shape index (κ3) is 7.20. The molecule has 0 bridgehead atoms. The van der Waals surface area contributed by atoms with E-state index in [2.05, 4.69) is 48.4 Å². The number of hydrogen-bond donors (Lipinski definition) is 0. The van der Waals surface area contributed by atoms with Crippen molar-refractivity contribution in [3.63, 3.8) is 0 Å². The van der Waals surface area contributed by atoms with Crippen LogP contribution in [0.1, 0.15) is 83.3 Å². The Kier molecular flexibility index (Phi) is 11.3. The van der Waals surface area contributed by atoms with Gasteiger partial charge in [0, 0.05) is 69.4 Å². The zero-order valence-electron chi connectivity index (χ0n) is 28.9. The highest BCUT2D eigenvalue weighted by molar-refractivity contribution is 5.96. The molecule has 2 saturated heterocycles. The van der Waals surface area contributed by atoms with E-state index in [-0.39, 0.29) is 72.6 Å². The lowest BCUT2D eigenvalue weighted by molar-refractivity contribution is -0.138. The second-order valence-corrected chi connectivity index (χ2v) is 13.9. The van der Waals surface area contributed by atoms with Gasteiger partial charge in [-0.2, -0.15) is 0 Å². The predicted molar refractivity (Wildman–Crippen MR) is 183 cm³/mol. The number of ether oxygens (including phenoxy) is 1. The number of amides is 4. The first-order chi connectivity index (χ1) is 22.6. The molecule has 0 aromatic heterocycles. The molecule has 3 unspecified atom stereocenters. The lowest BCUT2D eigenvalue weighted by atomic mass is 9.83. The number of rotatable bonds is 13. The minimum Gasteiger partial charge on any atom is -0.493 e. The van der Waals surface area contributed by atoms with Crippen molar-refractivity contribution in [3.05, 3.63) is 65.5 Å². The van der Waals surface area contributed by atoms with Crippen LogP contribution in [0.5, 0.6) is 5.75 Å². The van der Waals surface area contributed by atoms with Crippen LogP contribution in [-0.4, -0.2) is 95.4 Å². The zero-order chi connectivity index (χ0) is 33.8. The highest BCUT2D eigenvalue weighted by Crippen LogP contribution is 2.42. The second-order valence-electron chi connectivity index (χ2n) is 13.9. The maximum atomic E-state index is 14.7. The van der Waals surface area contributed by atoms with Crippen LogP contribution in [0, 0.1) is 11.8 Å². The highest BCUT2D eigenvalue weighted by atomic mass is 19.1. The Morgan fingerprint density at radius 1 is 1.19 bits per heavy atom. The Balaban J connectivity index is 1.46. The first-order valence-corrected chi connectivity index (χ1v) is 17.6. The van der Waals surface area contributed by atoms with Crippen molar-refractivity contribution in [2.24, 2.45) is 11.8 Å². The number of likely N-dealkylation sites (tertiary alicyclic amines) is 1. The van der Waals surface area contributed by atoms with Gasteiger partial charge in [-0.15, -0.1) is 6.58 Å². The number of benzene rings is 1. The van der Waals surface area contributed by atoms with Gasteiger partial charge in [0.05, 0.1) is 19.2 Å². The number of urea groups is 1. The first kappa shape index (κ1) is 34.9. The van der Waals surface area contributed by atoms with Gasteiger partial charge in [-0.1, -0.05) is 57.9 Å². The van der Waals surface area contributed by atoms with E-state index in [4.69, 9.17) is 4.74 Å². The summed E-state index contributed by atoms with van der Waals surface area (Å²) in [5.74, 6) is 0.571. The molecule has 0 saturated carbocycles. The normalized spacial score (nSPS) is 26.3. The smallest absolute Gasteiger partial charge is 0.326 e. The number of carbonyl (C=O) groups is 3. The molecule has 4 amide bonds. The van der Waals surface area contributed by atoms with Crippen molar-refractivity contribution >= 4 is 17.8 Å². The van der Waals surface area contributed by atoms with E-state index in [9.17, 15) is 18.8 Å². The molecular weight excluding hydrogens is 595 g/mol. The Morgan fingerprint density at radius 2 is 1.94 bits per heavy atom. The van der Waals surface area contributed by atoms with Gasteiger partial charge in [-0.3, -0.25) is 19.4 Å². The Morgan fingerprint density at radius 3 is 2.64 bits per heavy atom. The average Bonchev–Trinajstić information content (AvgIpc) is 3.67. The van der Waals surface area contributed by atoms with Gasteiger partial charge in [0.1, 0.15) is 11.6 Å². The lowest BCUT2D eigenvalue weighted by Gasteiger charge is -2.42. The molecule has 3 heterocycles. The summed E-state index contributed by atoms with van der Waals surface area (Å²) in [6.45, 7) is 14.6. The van der Waals surface area contributed by atoms with Gasteiger partial charge in [0.25, 0.3) is 0 Å². The van der Waals surface area contributed by atoms with E-state index >= 15 is 0 Å². The summed E-state index contributed by atoms with van der Waals surface area (Å²) in [5.41, 5.74) is 3.07. The van der Waals surface area contributed by atoms with Gasteiger partial charge in [0.15, 0.2) is 0 Å². The average molecular weight is 649 g/mol. The summed E-state index contributed by atoms with van der Waals surface area (Å²) in [7, 11) is 1.73. The van der Waals surface area contributed by atoms with Crippen molar-refractivity contribution in [1.29, 1.82) is 0 Å². The van der Waals surface area contributed by atoms with Crippen LogP contribution >= 0.6 is 0 Å². The summed E-state index contributed by atoms with van der Waals surface area (Å²) < 4.78 is 20.4. The third-order valence-corrected chi connectivity index (χ3v) is 11.0. The fourth-order valence-electron chi connectivity index (χ4n) is 8.20. The maximum Gasteiger partial charge on any atom is 0.326 e. The van der Waals surface area contributed by atoms with Crippen molar-refractivity contribution < 1.29 is 23.5 Å². The molecule has 47 heavy (non-hydrogen) atoms. The van der Waals surface area contributed by atoms with Crippen LogP contribution in [0.4, 0.5) is 9.18 Å². The van der Waals surface area contributed by atoms with Crippen LogP contribution in [-0.2, 0) is 16.0 Å². The van der Waals surface area contributed by atoms with Crippen molar-refractivity contribution in [3.8, 4) is 5.75 Å². The molecular formula is C38H53FN4O4. The maximum absolute atomic E-state index is 14.7. The van der Waals surface area contributed by atoms with Gasteiger partial charge >= 0.3 is 6.03 Å². The van der Waals surface area contributed by atoms with E-state index < -0.39 is 0 Å². The zero-order valence-corrected chi connectivity index (χ0v) is 28.9. The van der Waals surface area contributed by atoms with Gasteiger partial charge < -0.3 is 14.5 Å². The molecule has 0 radical (unpaired) electrons. The molecule has 2 fully saturated rings. The molecule has 1 aromatic rings. The molecule has 5 rings (SSSR count). The number of imide groups is 1. The van der Waals surface area contributed by atoms with Crippen molar-refractivity contribution in [2.45, 2.75) is 96.7 Å². The fraction of sp³-hybridized carbons (Fsp3) is 0.605. The van der Waals surface area contributed by atoms with Crippen LogP contribution in [0.15, 0.2) is 54.4 Å². The molecule has 0 spiro atoms. The molecule has 8 nitrogen and oxygen atoms in total. The fourth-order valence-corrected chi connectivity index (χ4v) is 8.20. The van der Waals surface area contributed by atoms with Gasteiger partial charge in [-0.05, 0) is 55.0 Å². The van der Waals surface area contributed by atoms with E-state index in [0.29, 0.717) is 38.1 Å². The summed E-state index contributed by atoms with van der Waals surface area (Å²) in [4.78, 5) is 47.8. The molecule has 0 N–H and O–H groups in total. The third-order valence-electron chi connectivity index (χ3n) is 11.0. The monoisotopic (exact) mass is 648 g/mol. The van der Waals surface area contributed by atoms with Crippen LogP contribution in [0.25, 0.3) is 0 Å². The molecule has 1 aliphatic carbocycles. The second kappa shape index (κ2) is 15.2. The number of carbonyl (C=O) groups excluding carboxylic acids is 3. The van der Waals surface area contributed by atoms with Crippen LogP contribution in [0.2, 0.25) is 0 Å². The number of nitrogens with zero attached hydrogens (tertiary/aromatic N) is 4. The van der Waals surface area contributed by atoms with E-state index in [1.165, 1.54) is 22.1 Å². The minimum atomic E-state index is -0.269. The molecule has 1 aromatic carbocycles. The topological polar surface area (TPSA) is 73.4 Å². The SMILES string of the molecule is C=CC1[C@@H](c2ccc3c(c2)CCO3)CN(CC(=O)N(C(CCC)CCC)C2C=CC(F)=C(C)C2C)[C@H]1CCN1C(=O)CCN(C)C1=O. The molecule has 9 heteroatoms. The quantitative estimate of drug-likeness (QED) is 0.229. The van der Waals surface area contributed by atoms with Crippen LogP contribution in [0.3, 0.4) is 0 Å². The summed E-state index contributed by atoms with van der Waals surface area (Å²) in [6.07, 6.45) is 10.8. The highest BCUT2D eigenvalue weighted by Gasteiger charge is 2.44. The molecule has 256 valence electrons. The predicted octanol–water partition coefficient (Wildman–Crippen LogP) is 6.48. The largest absolute Gasteiger partial charge is 0.493 e. The van der Waals surface area contributed by atoms with Crippen molar-refractivity contribution in [2.75, 3.05) is 39.8 Å². The summed E-state index contributed by atoms with van der Waals surface area (Å²) >= 11 is 0.